The summed E-state index contributed by atoms with van der Waals surface area (Å²) in [7, 11) is 0. The van der Waals surface area contributed by atoms with Crippen molar-refractivity contribution in [1.82, 2.24) is 0 Å². The van der Waals surface area contributed by atoms with Gasteiger partial charge in [-0.2, -0.15) is 0 Å². The van der Waals surface area contributed by atoms with Crippen LogP contribution in [0.15, 0.2) is 30.3 Å². The number of epoxide rings is 2. The Morgan fingerprint density at radius 3 is 2.14 bits per heavy atom. The Morgan fingerprint density at radius 1 is 1.14 bits per heavy atom. The van der Waals surface area contributed by atoms with Gasteiger partial charge in [-0.05, 0) is 12.0 Å². The summed E-state index contributed by atoms with van der Waals surface area (Å²) in [6.07, 6.45) is 2.24. The van der Waals surface area contributed by atoms with Crippen LogP contribution in [0, 0.1) is 0 Å². The van der Waals surface area contributed by atoms with Crippen molar-refractivity contribution in [3.8, 4) is 0 Å². The van der Waals surface area contributed by atoms with Crippen molar-refractivity contribution in [2.75, 3.05) is 13.2 Å². The van der Waals surface area contributed by atoms with E-state index in [1.807, 2.05) is 18.2 Å². The second-order valence-electron chi connectivity index (χ2n) is 3.60. The molecule has 0 saturated carbocycles. The second-order valence-corrected chi connectivity index (χ2v) is 3.60. The van der Waals surface area contributed by atoms with E-state index in [2.05, 4.69) is 19.1 Å². The molecule has 2 heterocycles. The smallest absolute Gasteiger partial charge is 0.106 e. The van der Waals surface area contributed by atoms with Crippen LogP contribution in [0.2, 0.25) is 0 Å². The summed E-state index contributed by atoms with van der Waals surface area (Å²) in [4.78, 5) is 0. The average molecular weight is 192 g/mol. The van der Waals surface area contributed by atoms with E-state index >= 15 is 0 Å². The normalized spacial score (nSPS) is 27.5. The molecule has 0 spiro atoms. The standard InChI is InChI=1S/C8H8O.C4H8O/c1-2-4-7(5-3-1)8-6-9-8;1-2-4-3-5-4/h1-5,8H,6H2;4H,2-3H2,1H3. The van der Waals surface area contributed by atoms with Crippen LogP contribution in [-0.4, -0.2) is 19.3 Å². The maximum Gasteiger partial charge on any atom is 0.106 e. The Bertz CT molecular complexity index is 263. The summed E-state index contributed by atoms with van der Waals surface area (Å²) < 4.78 is 9.95. The van der Waals surface area contributed by atoms with Gasteiger partial charge in [0.2, 0.25) is 0 Å². The summed E-state index contributed by atoms with van der Waals surface area (Å²) >= 11 is 0. The van der Waals surface area contributed by atoms with Gasteiger partial charge in [-0.3, -0.25) is 0 Å². The van der Waals surface area contributed by atoms with Crippen LogP contribution < -0.4 is 0 Å². The monoisotopic (exact) mass is 192 g/mol. The van der Waals surface area contributed by atoms with Gasteiger partial charge in [-0.15, -0.1) is 0 Å². The van der Waals surface area contributed by atoms with Gasteiger partial charge in [0.15, 0.2) is 0 Å². The molecule has 0 N–H and O–H groups in total. The maximum atomic E-state index is 5.09. The molecule has 1 aromatic rings. The van der Waals surface area contributed by atoms with Crippen molar-refractivity contribution in [2.45, 2.75) is 25.6 Å². The fraction of sp³-hybridized carbons (Fsp3) is 0.500. The molecule has 2 aliphatic heterocycles. The van der Waals surface area contributed by atoms with Crippen molar-refractivity contribution in [2.24, 2.45) is 0 Å². The molecule has 0 aromatic heterocycles. The van der Waals surface area contributed by atoms with Crippen molar-refractivity contribution < 1.29 is 9.47 Å². The van der Waals surface area contributed by atoms with E-state index in [9.17, 15) is 0 Å². The fourth-order valence-corrected chi connectivity index (χ4v) is 1.21. The van der Waals surface area contributed by atoms with E-state index in [0.29, 0.717) is 12.2 Å². The Morgan fingerprint density at radius 2 is 1.79 bits per heavy atom. The quantitative estimate of drug-likeness (QED) is 0.673. The number of rotatable bonds is 2. The number of ether oxygens (including phenoxy) is 2. The first-order valence-corrected chi connectivity index (χ1v) is 5.18. The van der Waals surface area contributed by atoms with E-state index in [-0.39, 0.29) is 0 Å². The van der Waals surface area contributed by atoms with Crippen LogP contribution in [0.3, 0.4) is 0 Å². The molecular formula is C12H16O2. The molecule has 0 radical (unpaired) electrons. The highest BCUT2D eigenvalue weighted by molar-refractivity contribution is 5.19. The first-order valence-electron chi connectivity index (χ1n) is 5.18. The van der Waals surface area contributed by atoms with Crippen LogP contribution in [0.4, 0.5) is 0 Å². The minimum Gasteiger partial charge on any atom is -0.373 e. The molecule has 2 saturated heterocycles. The summed E-state index contributed by atoms with van der Waals surface area (Å²) in [6, 6.07) is 10.3. The molecule has 76 valence electrons. The van der Waals surface area contributed by atoms with Gasteiger partial charge in [-0.1, -0.05) is 37.3 Å². The number of benzene rings is 1. The van der Waals surface area contributed by atoms with E-state index in [1.165, 1.54) is 12.0 Å². The topological polar surface area (TPSA) is 25.1 Å². The lowest BCUT2D eigenvalue weighted by Gasteiger charge is -1.89. The van der Waals surface area contributed by atoms with Gasteiger partial charge in [0, 0.05) is 0 Å². The van der Waals surface area contributed by atoms with E-state index in [1.54, 1.807) is 0 Å². The van der Waals surface area contributed by atoms with Gasteiger partial charge in [-0.25, -0.2) is 0 Å². The van der Waals surface area contributed by atoms with Gasteiger partial charge in [0.1, 0.15) is 6.10 Å². The summed E-state index contributed by atoms with van der Waals surface area (Å²) in [5, 5.41) is 0. The molecule has 0 aliphatic carbocycles. The number of hydrogen-bond acceptors (Lipinski definition) is 2. The zero-order valence-electron chi connectivity index (χ0n) is 8.48. The Hall–Kier alpha value is -0.860. The molecule has 2 heteroatoms. The third-order valence-corrected chi connectivity index (χ3v) is 2.36. The van der Waals surface area contributed by atoms with Crippen LogP contribution in [0.1, 0.15) is 25.0 Å². The van der Waals surface area contributed by atoms with Crippen LogP contribution in [-0.2, 0) is 9.47 Å². The zero-order valence-corrected chi connectivity index (χ0v) is 8.48. The molecule has 1 aromatic carbocycles. The van der Waals surface area contributed by atoms with Crippen LogP contribution in [0.25, 0.3) is 0 Å². The minimum absolute atomic E-state index is 0.409. The predicted molar refractivity (Wildman–Crippen MR) is 55.2 cm³/mol. The lowest BCUT2D eigenvalue weighted by atomic mass is 10.2. The largest absolute Gasteiger partial charge is 0.373 e. The van der Waals surface area contributed by atoms with E-state index < -0.39 is 0 Å². The SMILES string of the molecule is CCC1CO1.c1ccc(C2CO2)cc1. The van der Waals surface area contributed by atoms with Gasteiger partial charge < -0.3 is 9.47 Å². The van der Waals surface area contributed by atoms with Gasteiger partial charge in [0.05, 0.1) is 19.3 Å². The van der Waals surface area contributed by atoms with Crippen LogP contribution in [0.5, 0.6) is 0 Å². The molecular weight excluding hydrogens is 176 g/mol. The van der Waals surface area contributed by atoms with Crippen LogP contribution >= 0.6 is 0 Å². The van der Waals surface area contributed by atoms with E-state index in [0.717, 1.165) is 13.2 Å². The van der Waals surface area contributed by atoms with Crippen molar-refractivity contribution >= 4 is 0 Å². The Labute approximate surface area is 84.8 Å². The van der Waals surface area contributed by atoms with Gasteiger partial charge >= 0.3 is 0 Å². The molecule has 2 atom stereocenters. The van der Waals surface area contributed by atoms with Crippen molar-refractivity contribution in [3.63, 3.8) is 0 Å². The molecule has 2 unspecified atom stereocenters. The Kier molecular flexibility index (Phi) is 3.17. The van der Waals surface area contributed by atoms with E-state index in [4.69, 9.17) is 9.47 Å². The molecule has 0 amide bonds. The molecule has 0 bridgehead atoms. The summed E-state index contributed by atoms with van der Waals surface area (Å²) in [6.45, 7) is 4.05. The molecule has 2 aliphatic rings. The zero-order chi connectivity index (χ0) is 9.80. The highest BCUT2D eigenvalue weighted by atomic mass is 16.6. The molecule has 3 rings (SSSR count). The minimum atomic E-state index is 0.409. The molecule has 2 nitrogen and oxygen atoms in total. The Balaban J connectivity index is 0.000000128. The van der Waals surface area contributed by atoms with Crippen molar-refractivity contribution in [3.05, 3.63) is 35.9 Å². The summed E-state index contributed by atoms with van der Waals surface area (Å²) in [5.74, 6) is 0. The lowest BCUT2D eigenvalue weighted by Crippen LogP contribution is -1.75. The van der Waals surface area contributed by atoms with Gasteiger partial charge in [0.25, 0.3) is 0 Å². The fourth-order valence-electron chi connectivity index (χ4n) is 1.21. The number of hydrogen-bond donors (Lipinski definition) is 0. The maximum absolute atomic E-state index is 5.09. The average Bonchev–Trinajstić information content (AvgIpc) is 3.11. The first kappa shape index (κ1) is 9.69. The third kappa shape index (κ3) is 3.13. The molecule has 2 fully saturated rings. The second kappa shape index (κ2) is 4.58. The summed E-state index contributed by atoms with van der Waals surface area (Å²) in [5.41, 5.74) is 1.30. The predicted octanol–water partition coefficient (Wildman–Crippen LogP) is 2.55. The van der Waals surface area contributed by atoms with Crippen molar-refractivity contribution in [1.29, 1.82) is 0 Å². The highest BCUT2D eigenvalue weighted by Gasteiger charge is 2.23. The highest BCUT2D eigenvalue weighted by Crippen LogP contribution is 2.28. The third-order valence-electron chi connectivity index (χ3n) is 2.36. The molecule has 14 heavy (non-hydrogen) atoms. The lowest BCUT2D eigenvalue weighted by molar-refractivity contribution is 0.403. The first-order chi connectivity index (χ1) is 6.90.